The molecule has 0 atom stereocenters. The third-order valence-electron chi connectivity index (χ3n) is 0.348. The van der Waals surface area contributed by atoms with Crippen molar-refractivity contribution < 1.29 is 13.3 Å². The number of hydrogen-bond acceptors (Lipinski definition) is 3. The van der Waals surface area contributed by atoms with Crippen LogP contribution in [-0.2, 0) is 13.3 Å². The van der Waals surface area contributed by atoms with Gasteiger partial charge in [-0.2, -0.15) is 0 Å². The number of rotatable bonds is 1. The van der Waals surface area contributed by atoms with Crippen molar-refractivity contribution in [3.63, 3.8) is 0 Å². The van der Waals surface area contributed by atoms with Crippen LogP contribution in [0.3, 0.4) is 0 Å². The second-order valence-corrected chi connectivity index (χ2v) is 0.925. The van der Waals surface area contributed by atoms with Crippen LogP contribution < -0.4 is 0 Å². The summed E-state index contributed by atoms with van der Waals surface area (Å²) in [7, 11) is 0. The van der Waals surface area contributed by atoms with Crippen molar-refractivity contribution in [2.75, 3.05) is 6.61 Å². The summed E-state index contributed by atoms with van der Waals surface area (Å²) in [6.07, 6.45) is 0. The Morgan fingerprint density at radius 3 is 2.00 bits per heavy atom. The van der Waals surface area contributed by atoms with Crippen LogP contribution in [0, 0.1) is 0 Å². The first-order chi connectivity index (χ1) is 3.77. The van der Waals surface area contributed by atoms with Crippen LogP contribution in [0.4, 0.5) is 0 Å². The van der Waals surface area contributed by atoms with Gasteiger partial charge >= 0.3 is 26.0 Å². The van der Waals surface area contributed by atoms with Crippen molar-refractivity contribution in [2.24, 2.45) is 0 Å². The van der Waals surface area contributed by atoms with Crippen molar-refractivity contribution in [2.45, 2.75) is 13.8 Å². The van der Waals surface area contributed by atoms with Crippen LogP contribution >= 0.6 is 0 Å². The Morgan fingerprint density at radius 2 is 2.00 bits per heavy atom. The Balaban J connectivity index is 0. The molecule has 0 unspecified atom stereocenters. The summed E-state index contributed by atoms with van der Waals surface area (Å²) >= 11 is 0.611. The fourth-order valence-corrected chi connectivity index (χ4v) is 0.203. The van der Waals surface area contributed by atoms with E-state index in [1.165, 1.54) is 6.92 Å². The monoisotopic (exact) mass is 132 g/mol. The zero-order valence-electron chi connectivity index (χ0n) is 5.14. The van der Waals surface area contributed by atoms with Crippen LogP contribution in [0.25, 0.3) is 0 Å². The molecular formula is C4H9AlO3. The van der Waals surface area contributed by atoms with E-state index in [0.29, 0.717) is 22.8 Å². The van der Waals surface area contributed by atoms with Crippen LogP contribution in [0.2, 0.25) is 0 Å². The minimum absolute atomic E-state index is 0.211. The van der Waals surface area contributed by atoms with E-state index in [1.54, 1.807) is 6.92 Å². The molecule has 4 heteroatoms. The first kappa shape index (κ1) is 10.7. The van der Waals surface area contributed by atoms with Gasteiger partial charge in [0, 0.05) is 6.92 Å². The SMILES string of the molecule is CCOC(C)=O.[O]=[AlH]. The molecule has 0 saturated heterocycles. The summed E-state index contributed by atoms with van der Waals surface area (Å²) in [6, 6.07) is 0. The predicted octanol–water partition coefficient (Wildman–Crippen LogP) is -0.198. The number of carbonyl (C=O) groups excluding carboxylic acids is 1. The summed E-state index contributed by atoms with van der Waals surface area (Å²) in [4.78, 5) is 9.82. The van der Waals surface area contributed by atoms with Gasteiger partial charge < -0.3 is 4.74 Å². The van der Waals surface area contributed by atoms with Crippen LogP contribution in [0.1, 0.15) is 13.8 Å². The van der Waals surface area contributed by atoms with Gasteiger partial charge in [-0.05, 0) is 6.92 Å². The average molecular weight is 132 g/mol. The molecule has 0 aromatic rings. The number of esters is 1. The number of ether oxygens (including phenoxy) is 1. The molecule has 0 bridgehead atoms. The Hall–Kier alpha value is -0.198. The van der Waals surface area contributed by atoms with Gasteiger partial charge in [0.2, 0.25) is 0 Å². The maximum absolute atomic E-state index is 9.82. The Labute approximate surface area is 56.7 Å². The summed E-state index contributed by atoms with van der Waals surface area (Å²) in [5, 5.41) is 0. The summed E-state index contributed by atoms with van der Waals surface area (Å²) < 4.78 is 12.7. The van der Waals surface area contributed by atoms with Crippen molar-refractivity contribution in [1.29, 1.82) is 0 Å². The van der Waals surface area contributed by atoms with E-state index in [1.807, 2.05) is 0 Å². The van der Waals surface area contributed by atoms with Gasteiger partial charge in [0.1, 0.15) is 0 Å². The van der Waals surface area contributed by atoms with E-state index in [2.05, 4.69) is 4.74 Å². The van der Waals surface area contributed by atoms with E-state index in [0.717, 1.165) is 0 Å². The molecule has 3 nitrogen and oxygen atoms in total. The molecule has 8 heavy (non-hydrogen) atoms. The van der Waals surface area contributed by atoms with Crippen molar-refractivity contribution >= 4 is 22.2 Å². The third-order valence-corrected chi connectivity index (χ3v) is 0.348. The summed E-state index contributed by atoms with van der Waals surface area (Å²) in [5.41, 5.74) is 0. The maximum atomic E-state index is 9.82. The topological polar surface area (TPSA) is 43.4 Å². The molecular weight excluding hydrogens is 123 g/mol. The predicted molar refractivity (Wildman–Crippen MR) is 30.1 cm³/mol. The molecule has 0 aliphatic heterocycles. The molecule has 0 aliphatic carbocycles. The molecule has 0 aromatic carbocycles. The van der Waals surface area contributed by atoms with Gasteiger partial charge in [0.25, 0.3) is 0 Å². The summed E-state index contributed by atoms with van der Waals surface area (Å²) in [5.74, 6) is -0.211. The van der Waals surface area contributed by atoms with Crippen molar-refractivity contribution in [1.82, 2.24) is 0 Å². The van der Waals surface area contributed by atoms with Crippen molar-refractivity contribution in [3.8, 4) is 0 Å². The van der Waals surface area contributed by atoms with Gasteiger partial charge in [0.05, 0.1) is 6.61 Å². The molecule has 0 rings (SSSR count). The molecule has 0 fully saturated rings. The normalized spacial score (nSPS) is 6.12. The molecule has 0 amide bonds. The zero-order valence-corrected chi connectivity index (χ0v) is 6.55. The van der Waals surface area contributed by atoms with Crippen molar-refractivity contribution in [3.05, 3.63) is 0 Å². The molecule has 0 spiro atoms. The first-order valence-corrected chi connectivity index (χ1v) is 2.77. The Kier molecular flexibility index (Phi) is 13.3. The molecule has 0 aromatic heterocycles. The molecule has 0 heterocycles. The van der Waals surface area contributed by atoms with Crippen LogP contribution in [0.15, 0.2) is 0 Å². The van der Waals surface area contributed by atoms with Gasteiger partial charge in [-0.15, -0.1) is 0 Å². The van der Waals surface area contributed by atoms with Gasteiger partial charge in [-0.25, -0.2) is 0 Å². The molecule has 0 aliphatic rings. The fraction of sp³-hybridized carbons (Fsp3) is 0.750. The van der Waals surface area contributed by atoms with Gasteiger partial charge in [-0.1, -0.05) is 0 Å². The minimum atomic E-state index is -0.211. The summed E-state index contributed by atoms with van der Waals surface area (Å²) in [6.45, 7) is 3.65. The van der Waals surface area contributed by atoms with Gasteiger partial charge in [-0.3, -0.25) is 4.79 Å². The second-order valence-electron chi connectivity index (χ2n) is 0.925. The first-order valence-electron chi connectivity index (χ1n) is 2.19. The van der Waals surface area contributed by atoms with E-state index in [9.17, 15) is 4.79 Å². The molecule has 0 radical (unpaired) electrons. The van der Waals surface area contributed by atoms with E-state index in [4.69, 9.17) is 3.80 Å². The standard InChI is InChI=1S/C4H8O2.Al.O.H/c1-3-6-4(2)5;;;/h3H2,1-2H3;;;. The average Bonchev–Trinajstić information content (AvgIpc) is 1.72. The molecule has 46 valence electrons. The fourth-order valence-electron chi connectivity index (χ4n) is 0.203. The molecule has 0 N–H and O–H groups in total. The van der Waals surface area contributed by atoms with E-state index < -0.39 is 0 Å². The Morgan fingerprint density at radius 1 is 1.62 bits per heavy atom. The van der Waals surface area contributed by atoms with Crippen LogP contribution in [-0.4, -0.2) is 28.8 Å². The second kappa shape index (κ2) is 9.93. The van der Waals surface area contributed by atoms with E-state index >= 15 is 0 Å². The number of carbonyl (C=O) groups is 1. The quantitative estimate of drug-likeness (QED) is 0.366. The zero-order chi connectivity index (χ0) is 6.99. The molecule has 0 saturated carbocycles. The number of hydrogen-bond donors (Lipinski definition) is 0. The van der Waals surface area contributed by atoms with E-state index in [-0.39, 0.29) is 5.97 Å². The van der Waals surface area contributed by atoms with Crippen LogP contribution in [0.5, 0.6) is 0 Å². The third kappa shape index (κ3) is 17.0. The Bertz CT molecular complexity index is 64.3. The van der Waals surface area contributed by atoms with Gasteiger partial charge in [0.15, 0.2) is 0 Å².